The van der Waals surface area contributed by atoms with E-state index in [0.29, 0.717) is 27.1 Å². The predicted octanol–water partition coefficient (Wildman–Crippen LogP) is 3.70. The molecule has 0 unspecified atom stereocenters. The average molecular weight is 410 g/mol. The number of hydrogen-bond acceptors (Lipinski definition) is 3. The minimum atomic E-state index is -0.955. The van der Waals surface area contributed by atoms with Crippen LogP contribution in [-0.2, 0) is 17.8 Å². The van der Waals surface area contributed by atoms with Crippen LogP contribution in [0.3, 0.4) is 0 Å². The Balaban J connectivity index is 2.31. The van der Waals surface area contributed by atoms with Crippen molar-refractivity contribution in [2.24, 2.45) is 0 Å². The quantitative estimate of drug-likeness (QED) is 0.583. The Hall–Kier alpha value is -1.89. The van der Waals surface area contributed by atoms with Crippen LogP contribution in [-0.4, -0.2) is 16.9 Å². The largest absolute Gasteiger partial charge is 0.489 e. The Bertz CT molecular complexity index is 695. The lowest BCUT2D eigenvalue weighted by atomic mass is 10.0. The highest BCUT2D eigenvalue weighted by atomic mass is 127. The summed E-state index contributed by atoms with van der Waals surface area (Å²) < 4.78 is 6.40. The van der Waals surface area contributed by atoms with E-state index in [4.69, 9.17) is 9.84 Å². The van der Waals surface area contributed by atoms with E-state index in [2.05, 4.69) is 0 Å². The minimum absolute atomic E-state index is 0.0920. The van der Waals surface area contributed by atoms with Gasteiger partial charge in [0.15, 0.2) is 5.78 Å². The summed E-state index contributed by atoms with van der Waals surface area (Å²) in [6, 6.07) is 13.0. The Morgan fingerprint density at radius 1 is 1.14 bits per heavy atom. The Kier molecular flexibility index (Phi) is 5.54. The third-order valence-electron chi connectivity index (χ3n) is 3.14. The van der Waals surface area contributed by atoms with Crippen molar-refractivity contribution in [1.82, 2.24) is 0 Å². The summed E-state index contributed by atoms with van der Waals surface area (Å²) in [7, 11) is 0. The molecule has 0 radical (unpaired) electrons. The normalized spacial score (nSPS) is 10.3. The number of carboxylic acids is 1. The summed E-state index contributed by atoms with van der Waals surface area (Å²) in [6.07, 6.45) is -0.177. The molecule has 2 aromatic carbocycles. The molecule has 0 aliphatic heterocycles. The molecule has 0 heterocycles. The molecule has 0 aliphatic carbocycles. The van der Waals surface area contributed by atoms with E-state index in [1.54, 1.807) is 12.1 Å². The summed E-state index contributed by atoms with van der Waals surface area (Å²) in [4.78, 5) is 22.7. The van der Waals surface area contributed by atoms with E-state index in [0.717, 1.165) is 5.56 Å². The van der Waals surface area contributed by atoms with Crippen molar-refractivity contribution in [1.29, 1.82) is 0 Å². The second kappa shape index (κ2) is 7.40. The second-order valence-electron chi connectivity index (χ2n) is 4.80. The molecule has 0 aliphatic rings. The van der Waals surface area contributed by atoms with Crippen molar-refractivity contribution >= 4 is 34.3 Å². The highest BCUT2D eigenvalue weighted by molar-refractivity contribution is 14.1. The number of rotatable bonds is 6. The average Bonchev–Trinajstić information content (AvgIpc) is 2.48. The second-order valence-corrected chi connectivity index (χ2v) is 5.88. The summed E-state index contributed by atoms with van der Waals surface area (Å²) >= 11 is 2.01. The summed E-state index contributed by atoms with van der Waals surface area (Å²) in [5, 5.41) is 9.09. The third-order valence-corrected chi connectivity index (χ3v) is 4.38. The van der Waals surface area contributed by atoms with Gasteiger partial charge in [-0.15, -0.1) is 0 Å². The van der Waals surface area contributed by atoms with E-state index in [-0.39, 0.29) is 12.2 Å². The van der Waals surface area contributed by atoms with E-state index >= 15 is 0 Å². The van der Waals surface area contributed by atoms with Gasteiger partial charge in [-0.1, -0.05) is 30.3 Å². The van der Waals surface area contributed by atoms with Crippen molar-refractivity contribution in [2.45, 2.75) is 20.0 Å². The van der Waals surface area contributed by atoms with Crippen LogP contribution in [0, 0.1) is 3.57 Å². The molecule has 0 fully saturated rings. The minimum Gasteiger partial charge on any atom is -0.489 e. The molecule has 5 heteroatoms. The fourth-order valence-electron chi connectivity index (χ4n) is 2.06. The Labute approximate surface area is 142 Å². The standard InChI is InChI=1S/C17H15IO4/c1-11(19)13-7-8-15(14(17(13)18)9-16(20)21)22-10-12-5-3-2-4-6-12/h2-8H,9-10H2,1H3,(H,20,21). The molecule has 2 aromatic rings. The molecule has 0 aromatic heterocycles. The molecular weight excluding hydrogens is 395 g/mol. The molecule has 0 saturated carbocycles. The lowest BCUT2D eigenvalue weighted by Gasteiger charge is -2.14. The zero-order valence-corrected chi connectivity index (χ0v) is 14.2. The van der Waals surface area contributed by atoms with Crippen LogP contribution in [0.25, 0.3) is 0 Å². The molecule has 114 valence electrons. The van der Waals surface area contributed by atoms with E-state index in [1.807, 2.05) is 52.9 Å². The van der Waals surface area contributed by atoms with Crippen molar-refractivity contribution < 1.29 is 19.4 Å². The highest BCUT2D eigenvalue weighted by Crippen LogP contribution is 2.29. The molecule has 0 saturated heterocycles. The molecule has 4 nitrogen and oxygen atoms in total. The van der Waals surface area contributed by atoms with Crippen LogP contribution in [0.15, 0.2) is 42.5 Å². The molecule has 0 amide bonds. The van der Waals surface area contributed by atoms with Gasteiger partial charge < -0.3 is 9.84 Å². The van der Waals surface area contributed by atoms with Gasteiger partial charge in [-0.2, -0.15) is 0 Å². The lowest BCUT2D eigenvalue weighted by molar-refractivity contribution is -0.136. The van der Waals surface area contributed by atoms with Gasteiger partial charge in [-0.3, -0.25) is 9.59 Å². The number of carbonyl (C=O) groups is 2. The maximum absolute atomic E-state index is 11.6. The number of ether oxygens (including phenoxy) is 1. The number of ketones is 1. The summed E-state index contributed by atoms with van der Waals surface area (Å²) in [5.74, 6) is -0.547. The maximum atomic E-state index is 11.6. The van der Waals surface area contributed by atoms with Gasteiger partial charge in [0.25, 0.3) is 0 Å². The number of carboxylic acid groups (broad SMARTS) is 1. The van der Waals surface area contributed by atoms with E-state index in [9.17, 15) is 9.59 Å². The number of halogens is 1. The van der Waals surface area contributed by atoms with Crippen LogP contribution in [0.5, 0.6) is 5.75 Å². The Morgan fingerprint density at radius 2 is 1.82 bits per heavy atom. The van der Waals surface area contributed by atoms with Gasteiger partial charge in [-0.05, 0) is 47.2 Å². The van der Waals surface area contributed by atoms with E-state index in [1.165, 1.54) is 6.92 Å². The lowest BCUT2D eigenvalue weighted by Crippen LogP contribution is -2.09. The van der Waals surface area contributed by atoms with Crippen LogP contribution in [0.1, 0.15) is 28.4 Å². The molecule has 0 atom stereocenters. The Morgan fingerprint density at radius 3 is 2.41 bits per heavy atom. The van der Waals surface area contributed by atoms with Crippen LogP contribution in [0.2, 0.25) is 0 Å². The van der Waals surface area contributed by atoms with E-state index < -0.39 is 5.97 Å². The number of aliphatic carboxylic acids is 1. The van der Waals surface area contributed by atoms with Gasteiger partial charge in [-0.25, -0.2) is 0 Å². The van der Waals surface area contributed by atoms with Crippen molar-refractivity contribution in [3.8, 4) is 5.75 Å². The summed E-state index contributed by atoms with van der Waals surface area (Å²) in [5.41, 5.74) is 2.05. The molecule has 22 heavy (non-hydrogen) atoms. The SMILES string of the molecule is CC(=O)c1ccc(OCc2ccccc2)c(CC(=O)O)c1I. The monoisotopic (exact) mass is 410 g/mol. The van der Waals surface area contributed by atoms with Gasteiger partial charge >= 0.3 is 5.97 Å². The van der Waals surface area contributed by atoms with Crippen LogP contribution < -0.4 is 4.74 Å². The fourth-order valence-corrected chi connectivity index (χ4v) is 3.08. The van der Waals surface area contributed by atoms with Crippen LogP contribution in [0.4, 0.5) is 0 Å². The zero-order valence-electron chi connectivity index (χ0n) is 12.0. The summed E-state index contributed by atoms with van der Waals surface area (Å²) in [6.45, 7) is 1.81. The van der Waals surface area contributed by atoms with Gasteiger partial charge in [0.1, 0.15) is 12.4 Å². The third kappa shape index (κ3) is 4.07. The molecule has 1 N–H and O–H groups in total. The smallest absolute Gasteiger partial charge is 0.308 e. The van der Waals surface area contributed by atoms with Crippen molar-refractivity contribution in [3.63, 3.8) is 0 Å². The molecule has 0 bridgehead atoms. The number of Topliss-reactive ketones (excluding diaryl/α,β-unsaturated/α-hetero) is 1. The first-order chi connectivity index (χ1) is 10.5. The van der Waals surface area contributed by atoms with Crippen molar-refractivity contribution in [2.75, 3.05) is 0 Å². The fraction of sp³-hybridized carbons (Fsp3) is 0.176. The number of hydrogen-bond donors (Lipinski definition) is 1. The van der Waals surface area contributed by atoms with Gasteiger partial charge in [0.05, 0.1) is 6.42 Å². The topological polar surface area (TPSA) is 63.6 Å². The van der Waals surface area contributed by atoms with Crippen molar-refractivity contribution in [3.05, 3.63) is 62.7 Å². The van der Waals surface area contributed by atoms with Crippen LogP contribution >= 0.6 is 22.6 Å². The first-order valence-corrected chi connectivity index (χ1v) is 7.77. The van der Waals surface area contributed by atoms with Gasteiger partial charge in [0.2, 0.25) is 0 Å². The predicted molar refractivity (Wildman–Crippen MR) is 91.3 cm³/mol. The maximum Gasteiger partial charge on any atom is 0.308 e. The first-order valence-electron chi connectivity index (χ1n) is 6.70. The zero-order chi connectivity index (χ0) is 16.1. The highest BCUT2D eigenvalue weighted by Gasteiger charge is 2.17. The molecule has 0 spiro atoms. The van der Waals surface area contributed by atoms with Gasteiger partial charge in [0, 0.05) is 14.7 Å². The molecule has 2 rings (SSSR count). The first kappa shape index (κ1) is 16.5. The number of carbonyl (C=O) groups excluding carboxylic acids is 1. The molecular formula is C17H15IO4. The number of benzene rings is 2.